The summed E-state index contributed by atoms with van der Waals surface area (Å²) in [5, 5.41) is 0. The molecule has 0 aromatic heterocycles. The molecule has 1 saturated heterocycles. The van der Waals surface area contributed by atoms with Gasteiger partial charge in [-0.3, -0.25) is 4.79 Å². The van der Waals surface area contributed by atoms with Crippen molar-refractivity contribution in [2.45, 2.75) is 50.5 Å². The van der Waals surface area contributed by atoms with Crippen molar-refractivity contribution in [3.05, 3.63) is 0 Å². The summed E-state index contributed by atoms with van der Waals surface area (Å²) in [7, 11) is 1.46. The maximum atomic E-state index is 11.0. The van der Waals surface area contributed by atoms with E-state index in [0.29, 0.717) is 12.0 Å². The van der Waals surface area contributed by atoms with Crippen molar-refractivity contribution in [2.75, 3.05) is 13.7 Å². The molecule has 0 aromatic carbocycles. The quantitative estimate of drug-likeness (QED) is 0.420. The Hall–Kier alpha value is -0.570. The molecule has 4 unspecified atom stereocenters. The van der Waals surface area contributed by atoms with E-state index in [1.807, 2.05) is 0 Å². The van der Waals surface area contributed by atoms with Crippen LogP contribution in [0, 0.1) is 17.8 Å². The van der Waals surface area contributed by atoms with Gasteiger partial charge in [0.2, 0.25) is 0 Å². The van der Waals surface area contributed by atoms with Crippen LogP contribution in [0.4, 0.5) is 0 Å². The van der Waals surface area contributed by atoms with Crippen LogP contribution in [0.3, 0.4) is 0 Å². The van der Waals surface area contributed by atoms with Crippen LogP contribution in [0.25, 0.3) is 0 Å². The molecule has 3 nitrogen and oxygen atoms in total. The molecule has 3 heteroatoms. The van der Waals surface area contributed by atoms with Gasteiger partial charge in [0.1, 0.15) is 0 Å². The Balaban J connectivity index is 1.39. The number of ether oxygens (including phenoxy) is 2. The summed E-state index contributed by atoms with van der Waals surface area (Å²) in [6.45, 7) is 1.02. The van der Waals surface area contributed by atoms with E-state index < -0.39 is 0 Å². The van der Waals surface area contributed by atoms with Crippen LogP contribution in [-0.4, -0.2) is 25.3 Å². The zero-order chi connectivity index (χ0) is 11.9. The number of epoxide rings is 1. The number of methoxy groups -OCH3 is 1. The van der Waals surface area contributed by atoms with Gasteiger partial charge < -0.3 is 9.47 Å². The van der Waals surface area contributed by atoms with E-state index in [9.17, 15) is 4.79 Å². The Kier molecular flexibility index (Phi) is 2.89. The van der Waals surface area contributed by atoms with E-state index in [-0.39, 0.29) is 5.97 Å². The third-order valence-corrected chi connectivity index (χ3v) is 5.09. The zero-order valence-electron chi connectivity index (χ0n) is 10.6. The summed E-state index contributed by atoms with van der Waals surface area (Å²) in [5.41, 5.74) is 0.341. The number of rotatable bonds is 5. The van der Waals surface area contributed by atoms with Crippen molar-refractivity contribution < 1.29 is 14.3 Å². The van der Waals surface area contributed by atoms with Gasteiger partial charge in [0.25, 0.3) is 0 Å². The van der Waals surface area contributed by atoms with Gasteiger partial charge in [-0.05, 0) is 43.4 Å². The largest absolute Gasteiger partial charge is 0.469 e. The Labute approximate surface area is 103 Å². The van der Waals surface area contributed by atoms with Crippen molar-refractivity contribution in [1.82, 2.24) is 0 Å². The highest BCUT2D eigenvalue weighted by Crippen LogP contribution is 2.64. The molecule has 4 atom stereocenters. The predicted octanol–water partition coefficient (Wildman–Crippen LogP) is 2.53. The number of esters is 1. The zero-order valence-corrected chi connectivity index (χ0v) is 10.6. The molecule has 2 aliphatic carbocycles. The highest BCUT2D eigenvalue weighted by Gasteiger charge is 2.66. The molecule has 1 spiro atoms. The first kappa shape index (κ1) is 11.5. The maximum Gasteiger partial charge on any atom is 0.305 e. The summed E-state index contributed by atoms with van der Waals surface area (Å²) in [6.07, 6.45) is 8.14. The van der Waals surface area contributed by atoms with Crippen molar-refractivity contribution in [2.24, 2.45) is 17.8 Å². The lowest BCUT2D eigenvalue weighted by molar-refractivity contribution is -0.140. The van der Waals surface area contributed by atoms with Gasteiger partial charge in [0.05, 0.1) is 19.3 Å². The first-order valence-electron chi connectivity index (χ1n) is 6.96. The minimum atomic E-state index is -0.0695. The van der Waals surface area contributed by atoms with Gasteiger partial charge in [0.15, 0.2) is 0 Å². The number of hydrogen-bond donors (Lipinski definition) is 0. The fourth-order valence-corrected chi connectivity index (χ4v) is 4.18. The van der Waals surface area contributed by atoms with Gasteiger partial charge in [-0.2, -0.15) is 0 Å². The standard InChI is InChI=1S/C14H22O3/c1-16-12(15)5-3-2-4-10-6-7-11-8-14(9-17-14)13(10)11/h10-11,13H,2-9H2,1H3. The van der Waals surface area contributed by atoms with Crippen LogP contribution in [0.15, 0.2) is 0 Å². The van der Waals surface area contributed by atoms with Gasteiger partial charge >= 0.3 is 5.97 Å². The number of carbonyl (C=O) groups is 1. The maximum absolute atomic E-state index is 11.0. The van der Waals surface area contributed by atoms with Gasteiger partial charge in [0, 0.05) is 6.42 Å². The Morgan fingerprint density at radius 3 is 2.94 bits per heavy atom. The molecule has 0 radical (unpaired) electrons. The highest BCUT2D eigenvalue weighted by atomic mass is 16.6. The predicted molar refractivity (Wildman–Crippen MR) is 63.5 cm³/mol. The average Bonchev–Trinajstić information content (AvgIpc) is 3.05. The summed E-state index contributed by atoms with van der Waals surface area (Å²) in [5.74, 6) is 2.62. The molecule has 0 N–H and O–H groups in total. The van der Waals surface area contributed by atoms with Crippen molar-refractivity contribution in [3.63, 3.8) is 0 Å². The Bertz CT molecular complexity index is 309. The highest BCUT2D eigenvalue weighted by molar-refractivity contribution is 5.68. The summed E-state index contributed by atoms with van der Waals surface area (Å²) in [6, 6.07) is 0. The molecule has 1 aliphatic heterocycles. The molecular formula is C14H22O3. The SMILES string of the molecule is COC(=O)CCCCC1CCC2CC3(CO3)C12. The van der Waals surface area contributed by atoms with Gasteiger partial charge in [-0.15, -0.1) is 0 Å². The summed E-state index contributed by atoms with van der Waals surface area (Å²) in [4.78, 5) is 11.0. The second-order valence-corrected chi connectivity index (χ2v) is 6.00. The van der Waals surface area contributed by atoms with Crippen molar-refractivity contribution >= 4 is 5.97 Å². The molecule has 3 aliphatic rings. The molecule has 96 valence electrons. The first-order chi connectivity index (χ1) is 8.25. The van der Waals surface area contributed by atoms with Crippen LogP contribution in [0.1, 0.15) is 44.9 Å². The molecule has 3 fully saturated rings. The number of fused-ring (bicyclic) bond motifs is 2. The second-order valence-electron chi connectivity index (χ2n) is 6.00. The minimum Gasteiger partial charge on any atom is -0.469 e. The van der Waals surface area contributed by atoms with E-state index in [4.69, 9.17) is 4.74 Å². The molecule has 2 saturated carbocycles. The molecule has 1 heterocycles. The van der Waals surface area contributed by atoms with E-state index in [1.54, 1.807) is 0 Å². The lowest BCUT2D eigenvalue weighted by Crippen LogP contribution is -2.44. The van der Waals surface area contributed by atoms with Crippen molar-refractivity contribution in [1.29, 1.82) is 0 Å². The van der Waals surface area contributed by atoms with E-state index >= 15 is 0 Å². The summed E-state index contributed by atoms with van der Waals surface area (Å²) < 4.78 is 10.3. The fraction of sp³-hybridized carbons (Fsp3) is 0.929. The Morgan fingerprint density at radius 2 is 2.24 bits per heavy atom. The molecule has 0 aromatic rings. The number of hydrogen-bond acceptors (Lipinski definition) is 3. The third-order valence-electron chi connectivity index (χ3n) is 5.09. The second kappa shape index (κ2) is 4.27. The molecular weight excluding hydrogens is 216 g/mol. The van der Waals surface area contributed by atoms with Crippen molar-refractivity contribution in [3.8, 4) is 0 Å². The van der Waals surface area contributed by atoms with E-state index in [1.165, 1.54) is 39.2 Å². The average molecular weight is 238 g/mol. The summed E-state index contributed by atoms with van der Waals surface area (Å²) >= 11 is 0. The number of unbranched alkanes of at least 4 members (excludes halogenated alkanes) is 1. The van der Waals surface area contributed by atoms with Crippen LogP contribution in [-0.2, 0) is 14.3 Å². The van der Waals surface area contributed by atoms with Gasteiger partial charge in [-0.25, -0.2) is 0 Å². The lowest BCUT2D eigenvalue weighted by Gasteiger charge is -2.41. The van der Waals surface area contributed by atoms with Crippen LogP contribution < -0.4 is 0 Å². The fourth-order valence-electron chi connectivity index (χ4n) is 4.18. The topological polar surface area (TPSA) is 38.8 Å². The smallest absolute Gasteiger partial charge is 0.305 e. The lowest BCUT2D eigenvalue weighted by atomic mass is 9.63. The monoisotopic (exact) mass is 238 g/mol. The van der Waals surface area contributed by atoms with E-state index in [0.717, 1.165) is 30.8 Å². The minimum absolute atomic E-state index is 0.0695. The van der Waals surface area contributed by atoms with Crippen LogP contribution >= 0.6 is 0 Å². The molecule has 17 heavy (non-hydrogen) atoms. The third kappa shape index (κ3) is 1.99. The van der Waals surface area contributed by atoms with E-state index in [2.05, 4.69) is 4.74 Å². The molecule has 0 bridgehead atoms. The Morgan fingerprint density at radius 1 is 1.41 bits per heavy atom. The van der Waals surface area contributed by atoms with Crippen LogP contribution in [0.2, 0.25) is 0 Å². The number of carbonyl (C=O) groups excluding carboxylic acids is 1. The van der Waals surface area contributed by atoms with Crippen LogP contribution in [0.5, 0.6) is 0 Å². The first-order valence-corrected chi connectivity index (χ1v) is 6.96. The van der Waals surface area contributed by atoms with Gasteiger partial charge in [-0.1, -0.05) is 12.8 Å². The molecule has 3 rings (SSSR count). The normalized spacial score (nSPS) is 42.1. The molecule has 0 amide bonds.